The first kappa shape index (κ1) is 10.2. The van der Waals surface area contributed by atoms with Crippen molar-refractivity contribution in [3.8, 4) is 0 Å². The molecule has 0 aliphatic heterocycles. The molecule has 0 amide bonds. The molecule has 1 aromatic carbocycles. The van der Waals surface area contributed by atoms with Crippen molar-refractivity contribution in [2.75, 3.05) is 0 Å². The van der Waals surface area contributed by atoms with Crippen molar-refractivity contribution >= 4 is 6.29 Å². The molecule has 0 radical (unpaired) electrons. The Kier molecular flexibility index (Phi) is 2.29. The van der Waals surface area contributed by atoms with Crippen LogP contribution in [0.3, 0.4) is 0 Å². The number of alkyl halides is 3. The van der Waals surface area contributed by atoms with E-state index >= 15 is 0 Å². The lowest BCUT2D eigenvalue weighted by Crippen LogP contribution is -2.06. The third kappa shape index (κ3) is 2.03. The minimum Gasteiger partial charge on any atom is -0.298 e. The summed E-state index contributed by atoms with van der Waals surface area (Å²) in [5, 5.41) is 0. The molecule has 80 valence electrons. The van der Waals surface area contributed by atoms with Crippen molar-refractivity contribution in [3.63, 3.8) is 0 Å². The molecular weight excluding hydrogens is 205 g/mol. The molecule has 1 aliphatic carbocycles. The van der Waals surface area contributed by atoms with E-state index in [2.05, 4.69) is 0 Å². The normalized spacial score (nSPS) is 16.5. The first-order chi connectivity index (χ1) is 7.02. The molecular formula is C11H9F3O. The van der Waals surface area contributed by atoms with E-state index in [9.17, 15) is 18.0 Å². The highest BCUT2D eigenvalue weighted by Crippen LogP contribution is 2.43. The Morgan fingerprint density at radius 3 is 2.40 bits per heavy atom. The van der Waals surface area contributed by atoms with Gasteiger partial charge in [0, 0.05) is 5.56 Å². The zero-order valence-electron chi connectivity index (χ0n) is 7.84. The Morgan fingerprint density at radius 2 is 1.93 bits per heavy atom. The number of hydrogen-bond acceptors (Lipinski definition) is 1. The van der Waals surface area contributed by atoms with E-state index in [0.29, 0.717) is 17.4 Å². The molecule has 4 heteroatoms. The van der Waals surface area contributed by atoms with Crippen LogP contribution in [-0.4, -0.2) is 6.29 Å². The molecule has 0 N–H and O–H groups in total. The second kappa shape index (κ2) is 3.36. The minimum atomic E-state index is -4.33. The van der Waals surface area contributed by atoms with Crippen LogP contribution in [-0.2, 0) is 6.18 Å². The molecule has 2 rings (SSSR count). The fourth-order valence-electron chi connectivity index (χ4n) is 1.61. The largest absolute Gasteiger partial charge is 0.416 e. The molecule has 0 saturated heterocycles. The zero-order chi connectivity index (χ0) is 11.1. The zero-order valence-corrected chi connectivity index (χ0v) is 7.84. The molecule has 0 spiro atoms. The van der Waals surface area contributed by atoms with E-state index in [1.807, 2.05) is 0 Å². The smallest absolute Gasteiger partial charge is 0.298 e. The van der Waals surface area contributed by atoms with E-state index in [1.54, 1.807) is 0 Å². The highest BCUT2D eigenvalue weighted by Gasteiger charge is 2.33. The second-order valence-electron chi connectivity index (χ2n) is 3.73. The van der Waals surface area contributed by atoms with Crippen molar-refractivity contribution in [3.05, 3.63) is 34.9 Å². The van der Waals surface area contributed by atoms with Gasteiger partial charge in [-0.15, -0.1) is 0 Å². The Morgan fingerprint density at radius 1 is 1.27 bits per heavy atom. The number of aldehydes is 1. The van der Waals surface area contributed by atoms with E-state index < -0.39 is 11.7 Å². The summed E-state index contributed by atoms with van der Waals surface area (Å²) < 4.78 is 37.2. The van der Waals surface area contributed by atoms with Gasteiger partial charge in [0.1, 0.15) is 6.29 Å². The van der Waals surface area contributed by atoms with Crippen LogP contribution >= 0.6 is 0 Å². The Balaban J connectivity index is 2.45. The summed E-state index contributed by atoms with van der Waals surface area (Å²) in [4.78, 5) is 10.6. The number of rotatable bonds is 2. The average Bonchev–Trinajstić information content (AvgIpc) is 2.98. The molecule has 0 heterocycles. The molecule has 1 fully saturated rings. The summed E-state index contributed by atoms with van der Waals surface area (Å²) in [6.07, 6.45) is -1.96. The lowest BCUT2D eigenvalue weighted by atomic mass is 10.0. The maximum absolute atomic E-state index is 12.4. The summed E-state index contributed by atoms with van der Waals surface area (Å²) in [5.74, 6) is 0.146. The van der Waals surface area contributed by atoms with E-state index in [0.717, 1.165) is 25.0 Å². The first-order valence-electron chi connectivity index (χ1n) is 4.68. The topological polar surface area (TPSA) is 17.1 Å². The summed E-state index contributed by atoms with van der Waals surface area (Å²) in [5.41, 5.74) is 0.250. The predicted octanol–water partition coefficient (Wildman–Crippen LogP) is 3.40. The van der Waals surface area contributed by atoms with Gasteiger partial charge in [-0.1, -0.05) is 6.07 Å². The Hall–Kier alpha value is -1.32. The molecule has 0 atom stereocenters. The van der Waals surface area contributed by atoms with E-state index in [-0.39, 0.29) is 5.92 Å². The summed E-state index contributed by atoms with van der Waals surface area (Å²) in [6, 6.07) is 3.31. The fourth-order valence-corrected chi connectivity index (χ4v) is 1.61. The molecule has 1 nitrogen and oxygen atoms in total. The molecule has 0 bridgehead atoms. The van der Waals surface area contributed by atoms with Crippen LogP contribution in [0.1, 0.15) is 40.2 Å². The highest BCUT2D eigenvalue weighted by atomic mass is 19.4. The van der Waals surface area contributed by atoms with Crippen LogP contribution in [0.5, 0.6) is 0 Å². The number of halogens is 3. The van der Waals surface area contributed by atoms with Gasteiger partial charge in [-0.2, -0.15) is 13.2 Å². The standard InChI is InChI=1S/C11H9F3O/c12-11(13,14)9-4-3-8(6-15)10(5-9)7-1-2-7/h3-7H,1-2H2. The minimum absolute atomic E-state index is 0.146. The van der Waals surface area contributed by atoms with Crippen molar-refractivity contribution in [1.82, 2.24) is 0 Å². The van der Waals surface area contributed by atoms with Gasteiger partial charge >= 0.3 is 6.18 Å². The van der Waals surface area contributed by atoms with Crippen LogP contribution in [0.15, 0.2) is 18.2 Å². The van der Waals surface area contributed by atoms with Gasteiger partial charge < -0.3 is 0 Å². The van der Waals surface area contributed by atoms with Crippen molar-refractivity contribution < 1.29 is 18.0 Å². The maximum atomic E-state index is 12.4. The summed E-state index contributed by atoms with van der Waals surface area (Å²) >= 11 is 0. The number of hydrogen-bond donors (Lipinski definition) is 0. The van der Waals surface area contributed by atoms with Gasteiger partial charge in [0.15, 0.2) is 0 Å². The Labute approximate surface area is 84.9 Å². The van der Waals surface area contributed by atoms with E-state index in [4.69, 9.17) is 0 Å². The van der Waals surface area contributed by atoms with Gasteiger partial charge in [-0.3, -0.25) is 4.79 Å². The van der Waals surface area contributed by atoms with Crippen LogP contribution in [0.2, 0.25) is 0 Å². The summed E-state index contributed by atoms with van der Waals surface area (Å²) in [6.45, 7) is 0. The van der Waals surface area contributed by atoms with Crippen LogP contribution < -0.4 is 0 Å². The van der Waals surface area contributed by atoms with Crippen LogP contribution in [0, 0.1) is 0 Å². The number of carbonyl (C=O) groups is 1. The van der Waals surface area contributed by atoms with Gasteiger partial charge in [-0.25, -0.2) is 0 Å². The second-order valence-corrected chi connectivity index (χ2v) is 3.73. The predicted molar refractivity (Wildman–Crippen MR) is 48.8 cm³/mol. The molecule has 1 saturated carbocycles. The van der Waals surface area contributed by atoms with Crippen LogP contribution in [0.25, 0.3) is 0 Å². The van der Waals surface area contributed by atoms with Gasteiger partial charge in [0.25, 0.3) is 0 Å². The lowest BCUT2D eigenvalue weighted by molar-refractivity contribution is -0.137. The van der Waals surface area contributed by atoms with Gasteiger partial charge in [0.05, 0.1) is 5.56 Å². The third-order valence-electron chi connectivity index (χ3n) is 2.56. The first-order valence-corrected chi connectivity index (χ1v) is 4.68. The van der Waals surface area contributed by atoms with Gasteiger partial charge in [-0.05, 0) is 36.5 Å². The van der Waals surface area contributed by atoms with E-state index in [1.165, 1.54) is 6.07 Å². The van der Waals surface area contributed by atoms with Crippen molar-refractivity contribution in [1.29, 1.82) is 0 Å². The lowest BCUT2D eigenvalue weighted by Gasteiger charge is -2.09. The molecule has 0 aromatic heterocycles. The summed E-state index contributed by atoms with van der Waals surface area (Å²) in [7, 11) is 0. The van der Waals surface area contributed by atoms with Crippen LogP contribution in [0.4, 0.5) is 13.2 Å². The fraction of sp³-hybridized carbons (Fsp3) is 0.364. The number of carbonyl (C=O) groups excluding carboxylic acids is 1. The van der Waals surface area contributed by atoms with Gasteiger partial charge in [0.2, 0.25) is 0 Å². The quantitative estimate of drug-likeness (QED) is 0.689. The maximum Gasteiger partial charge on any atom is 0.416 e. The number of benzene rings is 1. The highest BCUT2D eigenvalue weighted by molar-refractivity contribution is 5.78. The molecule has 0 unspecified atom stereocenters. The average molecular weight is 214 g/mol. The molecule has 1 aliphatic rings. The SMILES string of the molecule is O=Cc1ccc(C(F)(F)F)cc1C1CC1. The monoisotopic (exact) mass is 214 g/mol. The molecule has 15 heavy (non-hydrogen) atoms. The van der Waals surface area contributed by atoms with Crippen molar-refractivity contribution in [2.45, 2.75) is 24.9 Å². The third-order valence-corrected chi connectivity index (χ3v) is 2.56. The molecule has 1 aromatic rings. The Bertz CT molecular complexity index is 391. The van der Waals surface area contributed by atoms with Crippen molar-refractivity contribution in [2.24, 2.45) is 0 Å².